The highest BCUT2D eigenvalue weighted by atomic mass is 79.9. The first kappa shape index (κ1) is 18.4. The highest BCUT2D eigenvalue weighted by Crippen LogP contribution is 2.34. The largest absolute Gasteiger partial charge is 0.480 e. The Balaban J connectivity index is 3.08. The molecule has 0 saturated heterocycles. The molecule has 0 radical (unpaired) electrons. The molecule has 0 aliphatic rings. The number of amides is 2. The van der Waals surface area contributed by atoms with Crippen molar-refractivity contribution in [3.05, 3.63) is 25.6 Å². The fourth-order valence-electron chi connectivity index (χ4n) is 1.74. The maximum Gasteiger partial charge on any atom is 0.329 e. The normalized spacial score (nSPS) is 11.1. The van der Waals surface area contributed by atoms with Crippen LogP contribution in [0.25, 0.3) is 0 Å². The average molecular weight is 487 g/mol. The lowest BCUT2D eigenvalue weighted by molar-refractivity contribution is -0.147. The van der Waals surface area contributed by atoms with Gasteiger partial charge in [-0.3, -0.25) is 0 Å². The lowest BCUT2D eigenvalue weighted by Gasteiger charge is -2.34. The van der Waals surface area contributed by atoms with Gasteiger partial charge in [-0.25, -0.2) is 9.59 Å². The van der Waals surface area contributed by atoms with E-state index in [1.807, 2.05) is 0 Å². The SMILES string of the molecule is CCN(C(=O)Nc1c(Br)cc(Br)cc1Br)C(C)(C)C(=O)O. The minimum absolute atomic E-state index is 0.275. The number of urea groups is 1. The number of carboxylic acids is 1. The van der Waals surface area contributed by atoms with Gasteiger partial charge in [0, 0.05) is 20.0 Å². The number of likely N-dealkylation sites (N-methyl/N-ethyl adjacent to an activating group) is 1. The zero-order valence-electron chi connectivity index (χ0n) is 11.7. The average Bonchev–Trinajstić information content (AvgIpc) is 2.34. The van der Waals surface area contributed by atoms with E-state index in [1.54, 1.807) is 19.1 Å². The van der Waals surface area contributed by atoms with Gasteiger partial charge in [-0.05, 0) is 64.8 Å². The Hall–Kier alpha value is -0.600. The van der Waals surface area contributed by atoms with Crippen LogP contribution in [0, 0.1) is 0 Å². The van der Waals surface area contributed by atoms with Crippen LogP contribution in [0.4, 0.5) is 10.5 Å². The molecule has 2 amide bonds. The second-order valence-electron chi connectivity index (χ2n) is 4.78. The Morgan fingerprint density at radius 1 is 1.24 bits per heavy atom. The summed E-state index contributed by atoms with van der Waals surface area (Å²) in [5, 5.41) is 12.0. The fraction of sp³-hybridized carbons (Fsp3) is 0.385. The number of rotatable bonds is 4. The first-order valence-corrected chi connectivity index (χ1v) is 8.45. The number of hydrogen-bond acceptors (Lipinski definition) is 2. The van der Waals surface area contributed by atoms with Gasteiger partial charge in [0.2, 0.25) is 0 Å². The molecule has 1 rings (SSSR count). The molecule has 0 heterocycles. The number of anilines is 1. The maximum absolute atomic E-state index is 12.4. The van der Waals surface area contributed by atoms with E-state index in [1.165, 1.54) is 18.7 Å². The summed E-state index contributed by atoms with van der Waals surface area (Å²) in [6, 6.07) is 3.10. The topological polar surface area (TPSA) is 69.6 Å². The Labute approximate surface area is 148 Å². The third-order valence-electron chi connectivity index (χ3n) is 3.00. The number of benzene rings is 1. The van der Waals surface area contributed by atoms with Gasteiger partial charge in [0.1, 0.15) is 5.54 Å². The summed E-state index contributed by atoms with van der Waals surface area (Å²) in [4.78, 5) is 25.0. The Morgan fingerprint density at radius 2 is 1.71 bits per heavy atom. The fourth-order valence-corrected chi connectivity index (χ4v) is 4.20. The zero-order chi connectivity index (χ0) is 16.4. The lowest BCUT2D eigenvalue weighted by Crippen LogP contribution is -2.54. The molecular weight excluding hydrogens is 472 g/mol. The number of carboxylic acid groups (broad SMARTS) is 1. The van der Waals surface area contributed by atoms with Crippen LogP contribution in [-0.2, 0) is 4.79 Å². The lowest BCUT2D eigenvalue weighted by atomic mass is 10.0. The van der Waals surface area contributed by atoms with Gasteiger partial charge in [0.15, 0.2) is 0 Å². The number of nitrogens with zero attached hydrogens (tertiary/aromatic N) is 1. The summed E-state index contributed by atoms with van der Waals surface area (Å²) < 4.78 is 2.21. The van der Waals surface area contributed by atoms with Crippen LogP contribution < -0.4 is 5.32 Å². The van der Waals surface area contributed by atoms with Crippen LogP contribution in [-0.4, -0.2) is 34.1 Å². The number of hydrogen-bond donors (Lipinski definition) is 2. The van der Waals surface area contributed by atoms with Crippen molar-refractivity contribution in [2.24, 2.45) is 0 Å². The predicted molar refractivity (Wildman–Crippen MR) is 92.7 cm³/mol. The summed E-state index contributed by atoms with van der Waals surface area (Å²) in [6.07, 6.45) is 0. The van der Waals surface area contributed by atoms with Crippen molar-refractivity contribution in [3.8, 4) is 0 Å². The van der Waals surface area contributed by atoms with Crippen molar-refractivity contribution < 1.29 is 14.7 Å². The van der Waals surface area contributed by atoms with Gasteiger partial charge >= 0.3 is 12.0 Å². The molecule has 8 heteroatoms. The second-order valence-corrected chi connectivity index (χ2v) is 7.41. The Morgan fingerprint density at radius 3 is 2.10 bits per heavy atom. The van der Waals surface area contributed by atoms with Crippen molar-refractivity contribution in [2.45, 2.75) is 26.3 Å². The summed E-state index contributed by atoms with van der Waals surface area (Å²) in [5.41, 5.74) is -0.754. The van der Waals surface area contributed by atoms with E-state index in [4.69, 9.17) is 0 Å². The third-order valence-corrected chi connectivity index (χ3v) is 4.71. The first-order chi connectivity index (χ1) is 9.61. The zero-order valence-corrected chi connectivity index (χ0v) is 16.5. The quantitative estimate of drug-likeness (QED) is 0.648. The number of nitrogens with one attached hydrogen (secondary N) is 1. The molecule has 0 aromatic heterocycles. The van der Waals surface area contributed by atoms with Gasteiger partial charge in [0.05, 0.1) is 5.69 Å². The molecule has 2 N–H and O–H groups in total. The molecule has 0 fully saturated rings. The number of carbonyl (C=O) groups excluding carboxylic acids is 1. The van der Waals surface area contributed by atoms with E-state index in [2.05, 4.69) is 53.1 Å². The van der Waals surface area contributed by atoms with E-state index in [0.29, 0.717) is 14.6 Å². The summed E-state index contributed by atoms with van der Waals surface area (Å²) in [7, 11) is 0. The van der Waals surface area contributed by atoms with Crippen LogP contribution in [0.15, 0.2) is 25.6 Å². The van der Waals surface area contributed by atoms with E-state index in [0.717, 1.165) is 4.47 Å². The van der Waals surface area contributed by atoms with Gasteiger partial charge in [0.25, 0.3) is 0 Å². The predicted octanol–water partition coefficient (Wildman–Crippen LogP) is 4.69. The molecule has 0 aliphatic carbocycles. The molecular formula is C13H15Br3N2O3. The van der Waals surface area contributed by atoms with Crippen LogP contribution in [0.2, 0.25) is 0 Å². The van der Waals surface area contributed by atoms with Crippen LogP contribution >= 0.6 is 47.8 Å². The molecule has 0 atom stereocenters. The standard InChI is InChI=1S/C13H15Br3N2O3/c1-4-18(13(2,3)11(19)20)12(21)17-10-8(15)5-7(14)6-9(10)16/h5-6H,4H2,1-3H3,(H,17,21)(H,19,20). The first-order valence-electron chi connectivity index (χ1n) is 6.07. The highest BCUT2D eigenvalue weighted by Gasteiger charge is 2.37. The molecule has 0 bridgehead atoms. The molecule has 5 nitrogen and oxygen atoms in total. The molecule has 0 saturated carbocycles. The van der Waals surface area contributed by atoms with E-state index in [9.17, 15) is 14.7 Å². The van der Waals surface area contributed by atoms with Gasteiger partial charge in [-0.2, -0.15) is 0 Å². The molecule has 0 spiro atoms. The highest BCUT2D eigenvalue weighted by molar-refractivity contribution is 9.11. The van der Waals surface area contributed by atoms with Crippen molar-refractivity contribution >= 4 is 65.5 Å². The van der Waals surface area contributed by atoms with Crippen molar-refractivity contribution in [3.63, 3.8) is 0 Å². The van der Waals surface area contributed by atoms with Gasteiger partial charge in [-0.15, -0.1) is 0 Å². The van der Waals surface area contributed by atoms with Crippen molar-refractivity contribution in [1.29, 1.82) is 0 Å². The maximum atomic E-state index is 12.4. The van der Waals surface area contributed by atoms with E-state index >= 15 is 0 Å². The van der Waals surface area contributed by atoms with E-state index < -0.39 is 17.5 Å². The summed E-state index contributed by atoms with van der Waals surface area (Å²) in [5.74, 6) is -1.06. The van der Waals surface area contributed by atoms with Gasteiger partial charge in [-0.1, -0.05) is 15.9 Å². The van der Waals surface area contributed by atoms with Crippen molar-refractivity contribution in [1.82, 2.24) is 4.90 Å². The number of halogens is 3. The summed E-state index contributed by atoms with van der Waals surface area (Å²) >= 11 is 10.1. The second kappa shape index (κ2) is 7.11. The minimum atomic E-state index is -1.30. The molecule has 21 heavy (non-hydrogen) atoms. The number of carbonyl (C=O) groups is 2. The molecule has 116 valence electrons. The smallest absolute Gasteiger partial charge is 0.329 e. The molecule has 1 aromatic carbocycles. The van der Waals surface area contributed by atoms with Crippen molar-refractivity contribution in [2.75, 3.05) is 11.9 Å². The Kier molecular flexibility index (Phi) is 6.24. The van der Waals surface area contributed by atoms with Crippen LogP contribution in [0.1, 0.15) is 20.8 Å². The minimum Gasteiger partial charge on any atom is -0.480 e. The number of aliphatic carboxylic acids is 1. The Bertz CT molecular complexity index is 553. The summed E-state index contributed by atoms with van der Waals surface area (Å²) in [6.45, 7) is 4.99. The van der Waals surface area contributed by atoms with Crippen LogP contribution in [0.3, 0.4) is 0 Å². The third kappa shape index (κ3) is 4.20. The molecule has 0 aliphatic heterocycles. The monoisotopic (exact) mass is 484 g/mol. The van der Waals surface area contributed by atoms with E-state index in [-0.39, 0.29) is 6.54 Å². The molecule has 1 aromatic rings. The molecule has 0 unspecified atom stereocenters. The van der Waals surface area contributed by atoms with Crippen LogP contribution in [0.5, 0.6) is 0 Å². The van der Waals surface area contributed by atoms with Gasteiger partial charge < -0.3 is 15.3 Å².